The number of hydrogen-bond acceptors (Lipinski definition) is 9. The van der Waals surface area contributed by atoms with Crippen molar-refractivity contribution in [2.24, 2.45) is 14.1 Å². The number of ether oxygens (including phenoxy) is 4. The van der Waals surface area contributed by atoms with Gasteiger partial charge in [-0.1, -0.05) is 0 Å². The fraction of sp³-hybridized carbons (Fsp3) is 0.458. The molecule has 13 heteroatoms. The van der Waals surface area contributed by atoms with Gasteiger partial charge in [0.1, 0.15) is 19.3 Å². The first-order valence-electron chi connectivity index (χ1n) is 11.6. The van der Waals surface area contributed by atoms with E-state index in [9.17, 15) is 19.2 Å². The molecule has 0 N–H and O–H groups in total. The third-order valence-corrected chi connectivity index (χ3v) is 6.31. The maximum absolute atomic E-state index is 13.1. The Hall–Kier alpha value is -4.13. The molecule has 1 atom stereocenters. The second-order valence-corrected chi connectivity index (χ2v) is 8.63. The highest BCUT2D eigenvalue weighted by atomic mass is 16.6. The Balaban J connectivity index is 1.49. The van der Waals surface area contributed by atoms with Gasteiger partial charge in [-0.2, -0.15) is 0 Å². The summed E-state index contributed by atoms with van der Waals surface area (Å²) >= 11 is 0. The van der Waals surface area contributed by atoms with Gasteiger partial charge >= 0.3 is 5.69 Å². The quantitative estimate of drug-likeness (QED) is 0.379. The van der Waals surface area contributed by atoms with Crippen molar-refractivity contribution >= 4 is 22.9 Å². The summed E-state index contributed by atoms with van der Waals surface area (Å²) in [5, 5.41) is 0. The smallest absolute Gasteiger partial charge is 0.332 e. The zero-order valence-corrected chi connectivity index (χ0v) is 21.3. The van der Waals surface area contributed by atoms with Crippen molar-refractivity contribution in [1.82, 2.24) is 23.6 Å². The largest absolute Gasteiger partial charge is 0.493 e. The van der Waals surface area contributed by atoms with Crippen molar-refractivity contribution < 1.29 is 28.5 Å². The lowest BCUT2D eigenvalue weighted by Gasteiger charge is -2.33. The number of morpholine rings is 1. The predicted octanol–water partition coefficient (Wildman–Crippen LogP) is -0.0401. The van der Waals surface area contributed by atoms with E-state index in [1.165, 1.54) is 50.7 Å². The lowest BCUT2D eigenvalue weighted by molar-refractivity contribution is -0.140. The van der Waals surface area contributed by atoms with Gasteiger partial charge in [0, 0.05) is 20.6 Å². The predicted molar refractivity (Wildman–Crippen MR) is 132 cm³/mol. The third kappa shape index (κ3) is 4.81. The summed E-state index contributed by atoms with van der Waals surface area (Å²) in [6.45, 7) is 2.25. The highest BCUT2D eigenvalue weighted by Crippen LogP contribution is 2.40. The van der Waals surface area contributed by atoms with Gasteiger partial charge in [0.15, 0.2) is 28.4 Å². The van der Waals surface area contributed by atoms with Crippen LogP contribution in [0.3, 0.4) is 0 Å². The monoisotopic (exact) mass is 515 g/mol. The Labute approximate surface area is 211 Å². The number of benzene rings is 1. The van der Waals surface area contributed by atoms with Gasteiger partial charge in [0.05, 0.1) is 39.3 Å². The minimum atomic E-state index is -0.523. The summed E-state index contributed by atoms with van der Waals surface area (Å²) in [5.74, 6) is 0.509. The van der Waals surface area contributed by atoms with Gasteiger partial charge in [0.2, 0.25) is 11.7 Å². The molecule has 4 rings (SSSR count). The number of ketones is 1. The first-order valence-corrected chi connectivity index (χ1v) is 11.6. The maximum atomic E-state index is 13.1. The molecular weight excluding hydrogens is 486 g/mol. The lowest BCUT2D eigenvalue weighted by Crippen LogP contribution is -2.48. The van der Waals surface area contributed by atoms with Crippen molar-refractivity contribution in [3.05, 3.63) is 44.9 Å². The van der Waals surface area contributed by atoms with Crippen molar-refractivity contribution in [3.63, 3.8) is 0 Å². The van der Waals surface area contributed by atoms with Gasteiger partial charge in [-0.25, -0.2) is 9.78 Å². The molecule has 2 aromatic heterocycles. The number of aryl methyl sites for hydroxylation is 1. The van der Waals surface area contributed by atoms with Crippen LogP contribution in [-0.2, 0) is 30.2 Å². The number of carbonyl (C=O) groups is 2. The van der Waals surface area contributed by atoms with Crippen LogP contribution in [0.4, 0.5) is 0 Å². The number of fused-ring (bicyclic) bond motifs is 1. The van der Waals surface area contributed by atoms with Gasteiger partial charge in [-0.15, -0.1) is 0 Å². The average Bonchev–Trinajstić information content (AvgIpc) is 3.32. The molecule has 0 radical (unpaired) electrons. The zero-order valence-electron chi connectivity index (χ0n) is 21.3. The first kappa shape index (κ1) is 25.9. The highest BCUT2D eigenvalue weighted by molar-refractivity contribution is 5.98. The molecule has 1 aromatic carbocycles. The molecule has 0 saturated carbocycles. The van der Waals surface area contributed by atoms with E-state index in [1.54, 1.807) is 17.0 Å². The summed E-state index contributed by atoms with van der Waals surface area (Å²) in [5.41, 5.74) is -0.296. The van der Waals surface area contributed by atoms with Gasteiger partial charge < -0.3 is 28.4 Å². The van der Waals surface area contributed by atoms with Crippen LogP contribution in [-0.4, -0.2) is 81.9 Å². The Kier molecular flexibility index (Phi) is 7.34. The van der Waals surface area contributed by atoms with Crippen molar-refractivity contribution in [3.8, 4) is 17.2 Å². The lowest BCUT2D eigenvalue weighted by atomic mass is 10.1. The van der Waals surface area contributed by atoms with Crippen molar-refractivity contribution in [2.75, 3.05) is 40.5 Å². The molecule has 1 aliphatic rings. The number of imidazole rings is 1. The molecular formula is C24H29N5O8. The van der Waals surface area contributed by atoms with E-state index in [4.69, 9.17) is 18.9 Å². The summed E-state index contributed by atoms with van der Waals surface area (Å²) in [7, 11) is 5.84. The van der Waals surface area contributed by atoms with Gasteiger partial charge in [-0.3, -0.25) is 23.5 Å². The Bertz CT molecular complexity index is 1470. The highest BCUT2D eigenvalue weighted by Gasteiger charge is 2.27. The number of methoxy groups -OCH3 is 2. The molecule has 1 fully saturated rings. The van der Waals surface area contributed by atoms with E-state index in [2.05, 4.69) is 4.98 Å². The van der Waals surface area contributed by atoms with Crippen LogP contribution in [0.2, 0.25) is 0 Å². The van der Waals surface area contributed by atoms with E-state index < -0.39 is 17.4 Å². The number of amides is 1. The summed E-state index contributed by atoms with van der Waals surface area (Å²) < 4.78 is 26.2. The molecule has 13 nitrogen and oxygen atoms in total. The average molecular weight is 516 g/mol. The number of nitrogens with zero attached hydrogens (tertiary/aromatic N) is 5. The molecule has 0 spiro atoms. The molecule has 0 aliphatic carbocycles. The number of carbonyl (C=O) groups excluding carboxylic acids is 2. The van der Waals surface area contributed by atoms with E-state index in [0.29, 0.717) is 23.6 Å². The maximum Gasteiger partial charge on any atom is 0.332 e. The number of aromatic nitrogens is 4. The zero-order chi connectivity index (χ0) is 26.9. The summed E-state index contributed by atoms with van der Waals surface area (Å²) in [4.78, 5) is 55.9. The van der Waals surface area contributed by atoms with E-state index in [-0.39, 0.29) is 54.9 Å². The topological polar surface area (TPSA) is 136 Å². The number of hydrogen-bond donors (Lipinski definition) is 0. The first-order chi connectivity index (χ1) is 17.7. The van der Waals surface area contributed by atoms with Crippen LogP contribution in [0.1, 0.15) is 17.3 Å². The second kappa shape index (κ2) is 10.5. The molecule has 1 unspecified atom stereocenters. The number of rotatable bonds is 8. The molecule has 3 aromatic rings. The summed E-state index contributed by atoms with van der Waals surface area (Å²) in [6, 6.07) is 3.23. The SMILES string of the molecule is COc1ccc(C(C)=O)c(OCC2CN(C(=O)Cn3cnc4c3c(=O)n(C)c(=O)n4C)CCO2)c1OC. The van der Waals surface area contributed by atoms with Crippen molar-refractivity contribution in [2.45, 2.75) is 19.6 Å². The standard InChI is InChI=1S/C24H29N5O8/c1-14(30)16-6-7-17(34-4)21(35-5)20(16)37-12-15-10-28(8-9-36-15)18(31)11-29-13-25-22-19(29)23(32)27(3)24(33)26(22)2/h6-7,13,15H,8-12H2,1-5H3. The van der Waals surface area contributed by atoms with Crippen LogP contribution in [0.5, 0.6) is 17.2 Å². The normalized spacial score (nSPS) is 15.6. The minimum Gasteiger partial charge on any atom is -0.493 e. The van der Waals surface area contributed by atoms with E-state index >= 15 is 0 Å². The minimum absolute atomic E-state index is 0.0598. The molecule has 37 heavy (non-hydrogen) atoms. The van der Waals surface area contributed by atoms with Gasteiger partial charge in [0.25, 0.3) is 5.56 Å². The second-order valence-electron chi connectivity index (χ2n) is 8.63. The number of Topliss-reactive ketones (excluding diaryl/α,β-unsaturated/α-hetero) is 1. The van der Waals surface area contributed by atoms with Gasteiger partial charge in [-0.05, 0) is 19.1 Å². The van der Waals surface area contributed by atoms with Crippen LogP contribution in [0.15, 0.2) is 28.0 Å². The Morgan fingerprint density at radius 3 is 2.54 bits per heavy atom. The third-order valence-electron chi connectivity index (χ3n) is 6.31. The molecule has 0 bridgehead atoms. The van der Waals surface area contributed by atoms with Crippen LogP contribution >= 0.6 is 0 Å². The molecule has 1 amide bonds. The molecule has 198 valence electrons. The fourth-order valence-corrected chi connectivity index (χ4v) is 4.30. The van der Waals surface area contributed by atoms with Crippen molar-refractivity contribution in [1.29, 1.82) is 0 Å². The Morgan fingerprint density at radius 2 is 1.86 bits per heavy atom. The van der Waals surface area contributed by atoms with Crippen LogP contribution < -0.4 is 25.5 Å². The molecule has 1 saturated heterocycles. The van der Waals surface area contributed by atoms with Crippen LogP contribution in [0.25, 0.3) is 11.2 Å². The molecule has 3 heterocycles. The van der Waals surface area contributed by atoms with E-state index in [0.717, 1.165) is 4.57 Å². The van der Waals surface area contributed by atoms with Crippen LogP contribution in [0, 0.1) is 0 Å². The summed E-state index contributed by atoms with van der Waals surface area (Å²) in [6.07, 6.45) is 0.907. The molecule has 1 aliphatic heterocycles. The fourth-order valence-electron chi connectivity index (χ4n) is 4.30. The van der Waals surface area contributed by atoms with E-state index in [1.807, 2.05) is 0 Å². The Morgan fingerprint density at radius 1 is 1.11 bits per heavy atom.